The van der Waals surface area contributed by atoms with E-state index in [4.69, 9.17) is 0 Å². The van der Waals surface area contributed by atoms with E-state index in [-0.39, 0.29) is 5.69 Å². The maximum atomic E-state index is 11.9. The lowest BCUT2D eigenvalue weighted by Gasteiger charge is -1.99. The first-order valence-electron chi connectivity index (χ1n) is 5.50. The lowest BCUT2D eigenvalue weighted by atomic mass is 10.4. The lowest BCUT2D eigenvalue weighted by molar-refractivity contribution is 0.607. The summed E-state index contributed by atoms with van der Waals surface area (Å²) in [7, 11) is 0. The van der Waals surface area contributed by atoms with Gasteiger partial charge in [-0.3, -0.25) is 4.57 Å². The van der Waals surface area contributed by atoms with Gasteiger partial charge >= 0.3 is 5.69 Å². The van der Waals surface area contributed by atoms with Crippen LogP contribution in [0.3, 0.4) is 0 Å². The molecule has 2 fully saturated rings. The van der Waals surface area contributed by atoms with Crippen LogP contribution in [0.2, 0.25) is 0 Å². The average Bonchev–Trinajstić information content (AvgIpc) is 3.03. The second-order valence-electron chi connectivity index (χ2n) is 4.33. The fourth-order valence-corrected chi connectivity index (χ4v) is 1.94. The number of aromatic nitrogens is 3. The molecule has 0 unspecified atom stereocenters. The normalized spacial score (nSPS) is 21.5. The topological polar surface area (TPSA) is 39.8 Å². The van der Waals surface area contributed by atoms with E-state index in [9.17, 15) is 4.79 Å². The van der Waals surface area contributed by atoms with Crippen molar-refractivity contribution < 1.29 is 0 Å². The highest BCUT2D eigenvalue weighted by atomic mass is 16.2. The smallest absolute Gasteiger partial charge is 0.276 e. The molecule has 1 aromatic rings. The monoisotopic (exact) mass is 193 g/mol. The Bertz CT molecular complexity index is 409. The Hall–Kier alpha value is -1.06. The maximum absolute atomic E-state index is 11.9. The van der Waals surface area contributed by atoms with Crippen molar-refractivity contribution in [2.24, 2.45) is 0 Å². The molecule has 0 spiro atoms. The number of rotatable bonds is 3. The first-order valence-corrected chi connectivity index (χ1v) is 5.50. The molecule has 0 N–H and O–H groups in total. The molecular weight excluding hydrogens is 178 g/mol. The summed E-state index contributed by atoms with van der Waals surface area (Å²) in [6, 6.07) is 0.471. The molecule has 4 heteroatoms. The molecule has 4 nitrogen and oxygen atoms in total. The molecule has 76 valence electrons. The average molecular weight is 193 g/mol. The Labute approximate surface area is 82.5 Å². The SMILES string of the molecule is CCn1nc(C2CC2)n(C2CC2)c1=O. The molecule has 0 amide bonds. The Morgan fingerprint density at radius 1 is 1.36 bits per heavy atom. The highest BCUT2D eigenvalue weighted by molar-refractivity contribution is 5.08. The van der Waals surface area contributed by atoms with Gasteiger partial charge in [0.2, 0.25) is 0 Å². The van der Waals surface area contributed by atoms with Crippen LogP contribution in [-0.4, -0.2) is 14.3 Å². The molecule has 0 aliphatic heterocycles. The highest BCUT2D eigenvalue weighted by Gasteiger charge is 2.36. The molecular formula is C10H15N3O. The first-order chi connectivity index (χ1) is 6.81. The van der Waals surface area contributed by atoms with E-state index in [0.29, 0.717) is 18.5 Å². The second kappa shape index (κ2) is 2.72. The summed E-state index contributed by atoms with van der Waals surface area (Å²) in [6.07, 6.45) is 4.75. The van der Waals surface area contributed by atoms with E-state index in [1.165, 1.54) is 12.8 Å². The number of hydrogen-bond acceptors (Lipinski definition) is 2. The molecule has 1 heterocycles. The third-order valence-corrected chi connectivity index (χ3v) is 3.05. The molecule has 1 aromatic heterocycles. The van der Waals surface area contributed by atoms with Crippen molar-refractivity contribution in [2.75, 3.05) is 0 Å². The molecule has 2 aliphatic carbocycles. The molecule has 0 saturated heterocycles. The van der Waals surface area contributed by atoms with Gasteiger partial charge in [0.1, 0.15) is 5.82 Å². The maximum Gasteiger partial charge on any atom is 0.346 e. The standard InChI is InChI=1S/C10H15N3O/c1-2-12-10(14)13(8-5-6-8)9(11-12)7-3-4-7/h7-8H,2-6H2,1H3. The Morgan fingerprint density at radius 2 is 2.07 bits per heavy atom. The molecule has 0 radical (unpaired) electrons. The van der Waals surface area contributed by atoms with Gasteiger partial charge in [0.15, 0.2) is 0 Å². The van der Waals surface area contributed by atoms with Gasteiger partial charge < -0.3 is 0 Å². The second-order valence-corrected chi connectivity index (χ2v) is 4.33. The van der Waals surface area contributed by atoms with Crippen LogP contribution < -0.4 is 5.69 Å². The highest BCUT2D eigenvalue weighted by Crippen LogP contribution is 2.43. The Morgan fingerprint density at radius 3 is 2.57 bits per heavy atom. The Kier molecular flexibility index (Phi) is 1.60. The summed E-state index contributed by atoms with van der Waals surface area (Å²) in [5, 5.41) is 4.42. The molecule has 0 aromatic carbocycles. The number of aryl methyl sites for hydroxylation is 1. The fourth-order valence-electron chi connectivity index (χ4n) is 1.94. The summed E-state index contributed by atoms with van der Waals surface area (Å²) in [4.78, 5) is 11.9. The zero-order valence-electron chi connectivity index (χ0n) is 8.44. The van der Waals surface area contributed by atoms with Crippen molar-refractivity contribution in [3.05, 3.63) is 16.3 Å². The molecule has 14 heavy (non-hydrogen) atoms. The van der Waals surface area contributed by atoms with E-state index < -0.39 is 0 Å². The van der Waals surface area contributed by atoms with Gasteiger partial charge in [-0.15, -0.1) is 0 Å². The van der Waals surface area contributed by atoms with Gasteiger partial charge in [-0.25, -0.2) is 9.48 Å². The van der Waals surface area contributed by atoms with Crippen LogP contribution in [0, 0.1) is 0 Å². The fraction of sp³-hybridized carbons (Fsp3) is 0.800. The van der Waals surface area contributed by atoms with E-state index >= 15 is 0 Å². The molecule has 3 rings (SSSR count). The van der Waals surface area contributed by atoms with Crippen molar-refractivity contribution in [1.29, 1.82) is 0 Å². The van der Waals surface area contributed by atoms with E-state index in [1.807, 2.05) is 11.5 Å². The van der Waals surface area contributed by atoms with Crippen LogP contribution >= 0.6 is 0 Å². The summed E-state index contributed by atoms with van der Waals surface area (Å²) in [5.41, 5.74) is 0.108. The quantitative estimate of drug-likeness (QED) is 0.725. The van der Waals surface area contributed by atoms with Crippen molar-refractivity contribution >= 4 is 0 Å². The largest absolute Gasteiger partial charge is 0.346 e. The van der Waals surface area contributed by atoms with Crippen LogP contribution in [0.1, 0.15) is 50.4 Å². The van der Waals surface area contributed by atoms with Crippen molar-refractivity contribution in [3.8, 4) is 0 Å². The minimum Gasteiger partial charge on any atom is -0.276 e. The minimum absolute atomic E-state index is 0.108. The summed E-state index contributed by atoms with van der Waals surface area (Å²) >= 11 is 0. The van der Waals surface area contributed by atoms with Gasteiger partial charge in [0.25, 0.3) is 0 Å². The molecule has 2 saturated carbocycles. The number of hydrogen-bond donors (Lipinski definition) is 0. The van der Waals surface area contributed by atoms with Crippen LogP contribution in [0.15, 0.2) is 4.79 Å². The van der Waals surface area contributed by atoms with E-state index in [2.05, 4.69) is 5.10 Å². The Balaban J connectivity index is 2.11. The zero-order chi connectivity index (χ0) is 9.71. The van der Waals surface area contributed by atoms with Gasteiger partial charge in [0.05, 0.1) is 0 Å². The zero-order valence-corrected chi connectivity index (χ0v) is 8.44. The van der Waals surface area contributed by atoms with Crippen molar-refractivity contribution in [1.82, 2.24) is 14.3 Å². The summed E-state index contributed by atoms with van der Waals surface area (Å²) < 4.78 is 3.55. The van der Waals surface area contributed by atoms with Gasteiger partial charge in [-0.1, -0.05) is 0 Å². The molecule has 0 bridgehead atoms. The predicted molar refractivity (Wildman–Crippen MR) is 52.4 cm³/mol. The molecule has 2 aliphatic rings. The van der Waals surface area contributed by atoms with Crippen LogP contribution in [0.4, 0.5) is 0 Å². The summed E-state index contributed by atoms with van der Waals surface area (Å²) in [5.74, 6) is 1.63. The van der Waals surface area contributed by atoms with Gasteiger partial charge in [-0.05, 0) is 32.6 Å². The third-order valence-electron chi connectivity index (χ3n) is 3.05. The molecule has 0 atom stereocenters. The number of nitrogens with zero attached hydrogens (tertiary/aromatic N) is 3. The van der Waals surface area contributed by atoms with E-state index in [1.54, 1.807) is 4.68 Å². The van der Waals surface area contributed by atoms with E-state index in [0.717, 1.165) is 18.7 Å². The van der Waals surface area contributed by atoms with Crippen molar-refractivity contribution in [2.45, 2.75) is 51.1 Å². The van der Waals surface area contributed by atoms with Gasteiger partial charge in [-0.2, -0.15) is 5.10 Å². The third kappa shape index (κ3) is 1.13. The van der Waals surface area contributed by atoms with Crippen LogP contribution in [0.5, 0.6) is 0 Å². The lowest BCUT2D eigenvalue weighted by Crippen LogP contribution is -2.24. The first kappa shape index (κ1) is 8.26. The van der Waals surface area contributed by atoms with Crippen LogP contribution in [-0.2, 0) is 6.54 Å². The van der Waals surface area contributed by atoms with Crippen LogP contribution in [0.25, 0.3) is 0 Å². The minimum atomic E-state index is 0.108. The van der Waals surface area contributed by atoms with Crippen molar-refractivity contribution in [3.63, 3.8) is 0 Å². The summed E-state index contributed by atoms with van der Waals surface area (Å²) in [6.45, 7) is 2.67. The predicted octanol–water partition coefficient (Wildman–Crippen LogP) is 1.28. The van der Waals surface area contributed by atoms with Gasteiger partial charge in [0, 0.05) is 18.5 Å².